The van der Waals surface area contributed by atoms with E-state index in [-0.39, 0.29) is 32.0 Å². The molecule has 0 heterocycles. The summed E-state index contributed by atoms with van der Waals surface area (Å²) >= 11 is 0. The topological polar surface area (TPSA) is 108 Å². The van der Waals surface area contributed by atoms with Gasteiger partial charge in [0.15, 0.2) is 6.10 Å². The molecule has 0 fully saturated rings. The van der Waals surface area contributed by atoms with Crippen LogP contribution < -0.4 is 0 Å². The van der Waals surface area contributed by atoms with E-state index >= 15 is 0 Å². The Morgan fingerprint density at radius 2 is 1.04 bits per heavy atom. The average Bonchev–Trinajstić information content (AvgIpc) is 3.10. The molecule has 9 nitrogen and oxygen atoms in total. The molecule has 2 unspecified atom stereocenters. The number of nitrogens with zero attached hydrogens (tertiary/aromatic N) is 1. The van der Waals surface area contributed by atoms with E-state index < -0.39 is 26.5 Å². The van der Waals surface area contributed by atoms with Crippen LogP contribution in [-0.4, -0.2) is 74.9 Å². The molecule has 0 aliphatic carbocycles. The lowest BCUT2D eigenvalue weighted by Crippen LogP contribution is -2.37. The van der Waals surface area contributed by atoms with Crippen LogP contribution in [0.5, 0.6) is 0 Å². The molecule has 10 heteroatoms. The van der Waals surface area contributed by atoms with Gasteiger partial charge in [0.2, 0.25) is 0 Å². The number of hydrogen-bond donors (Lipinski definition) is 1. The van der Waals surface area contributed by atoms with Crippen LogP contribution in [0.1, 0.15) is 174 Å². The van der Waals surface area contributed by atoms with Crippen molar-refractivity contribution in [2.75, 3.05) is 47.5 Å². The lowest BCUT2D eigenvalue weighted by molar-refractivity contribution is -0.870. The first kappa shape index (κ1) is 51.2. The van der Waals surface area contributed by atoms with Gasteiger partial charge in [0.25, 0.3) is 0 Å². The highest BCUT2D eigenvalue weighted by Gasteiger charge is 2.27. The summed E-state index contributed by atoms with van der Waals surface area (Å²) in [5.41, 5.74) is 0. The maximum atomic E-state index is 12.7. The Labute approximate surface area is 325 Å². The maximum Gasteiger partial charge on any atom is 0.472 e. The van der Waals surface area contributed by atoms with Gasteiger partial charge in [0, 0.05) is 12.8 Å². The molecule has 0 radical (unpaired) electrons. The summed E-state index contributed by atoms with van der Waals surface area (Å²) in [6.07, 6.45) is 39.0. The van der Waals surface area contributed by atoms with Gasteiger partial charge in [-0.1, -0.05) is 134 Å². The van der Waals surface area contributed by atoms with Gasteiger partial charge in [-0.15, -0.1) is 0 Å². The Kier molecular flexibility index (Phi) is 34.7. The fourth-order valence-electron chi connectivity index (χ4n) is 5.49. The van der Waals surface area contributed by atoms with E-state index in [9.17, 15) is 19.0 Å². The van der Waals surface area contributed by atoms with Crippen molar-refractivity contribution in [3.05, 3.63) is 36.5 Å². The van der Waals surface area contributed by atoms with Crippen LogP contribution in [0.4, 0.5) is 0 Å². The monoisotopic (exact) mass is 771 g/mol. The number of likely N-dealkylation sites (N-methyl/N-ethyl adjacent to an activating group) is 1. The molecule has 0 saturated heterocycles. The van der Waals surface area contributed by atoms with Crippen LogP contribution in [0.15, 0.2) is 36.5 Å². The lowest BCUT2D eigenvalue weighted by Gasteiger charge is -2.24. The first-order valence-corrected chi connectivity index (χ1v) is 22.7. The Morgan fingerprint density at radius 1 is 0.585 bits per heavy atom. The molecule has 2 atom stereocenters. The van der Waals surface area contributed by atoms with Crippen molar-refractivity contribution in [3.8, 4) is 0 Å². The number of phosphoric acid groups is 1. The second-order valence-corrected chi connectivity index (χ2v) is 16.8. The Hall–Kier alpha value is -1.77. The van der Waals surface area contributed by atoms with Gasteiger partial charge < -0.3 is 18.9 Å². The number of unbranched alkanes of at least 4 members (excludes halogenated alkanes) is 18. The maximum absolute atomic E-state index is 12.7. The quantitative estimate of drug-likeness (QED) is 0.0217. The molecule has 0 aliphatic heterocycles. The summed E-state index contributed by atoms with van der Waals surface area (Å²) in [7, 11) is 1.46. The molecule has 0 aromatic rings. The summed E-state index contributed by atoms with van der Waals surface area (Å²) in [4.78, 5) is 35.3. The molecular formula is C43H81NO8P+. The first-order valence-electron chi connectivity index (χ1n) is 21.2. The second-order valence-electron chi connectivity index (χ2n) is 15.4. The van der Waals surface area contributed by atoms with Crippen molar-refractivity contribution in [1.29, 1.82) is 0 Å². The molecule has 0 bridgehead atoms. The molecule has 0 aromatic heterocycles. The second kappa shape index (κ2) is 35.9. The van der Waals surface area contributed by atoms with Crippen molar-refractivity contribution >= 4 is 19.8 Å². The summed E-state index contributed by atoms with van der Waals surface area (Å²) < 4.78 is 34.2. The minimum absolute atomic E-state index is 0.0272. The smallest absolute Gasteiger partial charge is 0.462 e. The summed E-state index contributed by atoms with van der Waals surface area (Å²) in [6, 6.07) is 0. The van der Waals surface area contributed by atoms with E-state index in [1.54, 1.807) is 0 Å². The first-order chi connectivity index (χ1) is 25.5. The fourth-order valence-corrected chi connectivity index (χ4v) is 6.24. The summed E-state index contributed by atoms with van der Waals surface area (Å²) in [5, 5.41) is 0. The molecule has 0 rings (SSSR count). The predicted molar refractivity (Wildman–Crippen MR) is 220 cm³/mol. The van der Waals surface area contributed by atoms with Crippen molar-refractivity contribution < 1.29 is 42.1 Å². The molecule has 0 aromatic carbocycles. The van der Waals surface area contributed by atoms with Crippen LogP contribution in [0.25, 0.3) is 0 Å². The van der Waals surface area contributed by atoms with Gasteiger partial charge in [0.1, 0.15) is 19.8 Å². The zero-order chi connectivity index (χ0) is 39.3. The number of ether oxygens (including phenoxy) is 2. The Balaban J connectivity index is 4.42. The number of quaternary nitrogens is 1. The SMILES string of the molecule is CCCC/C=C\C/C=C\CCCCCCCC(=O)OC(COC(=O)CCCCCCC/C=C\CCCCCCCC)COP(=O)(O)OCC[N+](C)(C)C. The van der Waals surface area contributed by atoms with Crippen LogP contribution in [0.3, 0.4) is 0 Å². The highest BCUT2D eigenvalue weighted by molar-refractivity contribution is 7.47. The largest absolute Gasteiger partial charge is 0.472 e. The molecule has 0 amide bonds. The van der Waals surface area contributed by atoms with E-state index in [1.165, 1.54) is 57.8 Å². The van der Waals surface area contributed by atoms with Gasteiger partial charge in [-0.2, -0.15) is 0 Å². The minimum Gasteiger partial charge on any atom is -0.462 e. The number of rotatable bonds is 38. The van der Waals surface area contributed by atoms with Crippen LogP contribution in [-0.2, 0) is 32.7 Å². The molecule has 0 aliphatic rings. The molecule has 0 saturated carbocycles. The van der Waals surface area contributed by atoms with Crippen molar-refractivity contribution in [2.45, 2.75) is 180 Å². The summed E-state index contributed by atoms with van der Waals surface area (Å²) in [5.74, 6) is -0.825. The standard InChI is InChI=1S/C43H80NO8P/c1-6-8-10-12-14-16-18-20-22-24-25-27-29-31-33-35-42(45)49-39-41(40-51-53(47,48)50-38-37-44(3,4)5)52-43(46)36-34-32-30-28-26-23-21-19-17-15-13-11-9-7-2/h13,15,19-22,41H,6-12,14,16-18,23-40H2,1-5H3/p+1/b15-13-,21-19-,22-20-. The number of hydrogen-bond acceptors (Lipinski definition) is 7. The number of phosphoric ester groups is 1. The minimum atomic E-state index is -4.38. The highest BCUT2D eigenvalue weighted by Crippen LogP contribution is 2.43. The van der Waals surface area contributed by atoms with Crippen molar-refractivity contribution in [2.24, 2.45) is 0 Å². The molecule has 0 spiro atoms. The van der Waals surface area contributed by atoms with Crippen LogP contribution in [0.2, 0.25) is 0 Å². The van der Waals surface area contributed by atoms with E-state index in [0.717, 1.165) is 83.5 Å². The number of esters is 2. The third-order valence-electron chi connectivity index (χ3n) is 8.89. The predicted octanol–water partition coefficient (Wildman–Crippen LogP) is 11.7. The fraction of sp³-hybridized carbons (Fsp3) is 0.814. The van der Waals surface area contributed by atoms with Crippen molar-refractivity contribution in [1.82, 2.24) is 0 Å². The van der Waals surface area contributed by atoms with Gasteiger partial charge in [-0.3, -0.25) is 18.6 Å². The van der Waals surface area contributed by atoms with Crippen molar-refractivity contribution in [3.63, 3.8) is 0 Å². The van der Waals surface area contributed by atoms with E-state index in [2.05, 4.69) is 50.3 Å². The third-order valence-corrected chi connectivity index (χ3v) is 9.88. The normalized spacial score (nSPS) is 14.0. The van der Waals surface area contributed by atoms with Gasteiger partial charge in [-0.05, 0) is 64.2 Å². The van der Waals surface area contributed by atoms with E-state index in [4.69, 9.17) is 18.5 Å². The summed E-state index contributed by atoms with van der Waals surface area (Å²) in [6.45, 7) is 4.34. The van der Waals surface area contributed by atoms with Crippen LogP contribution >= 0.6 is 7.82 Å². The van der Waals surface area contributed by atoms with E-state index in [1.807, 2.05) is 21.1 Å². The lowest BCUT2D eigenvalue weighted by atomic mass is 10.1. The average molecular weight is 771 g/mol. The molecule has 1 N–H and O–H groups in total. The van der Waals surface area contributed by atoms with Gasteiger partial charge in [-0.25, -0.2) is 4.57 Å². The third kappa shape index (κ3) is 39.7. The molecule has 310 valence electrons. The zero-order valence-electron chi connectivity index (χ0n) is 34.7. The zero-order valence-corrected chi connectivity index (χ0v) is 35.6. The Morgan fingerprint density at radius 3 is 1.57 bits per heavy atom. The van der Waals surface area contributed by atoms with E-state index in [0.29, 0.717) is 17.4 Å². The number of carbonyl (C=O) groups is 2. The van der Waals surface area contributed by atoms with Crippen LogP contribution in [0, 0.1) is 0 Å². The van der Waals surface area contributed by atoms with Gasteiger partial charge in [0.05, 0.1) is 27.7 Å². The Bertz CT molecular complexity index is 1010. The highest BCUT2D eigenvalue weighted by atomic mass is 31.2. The number of carbonyl (C=O) groups excluding carboxylic acids is 2. The molecule has 53 heavy (non-hydrogen) atoms. The number of allylic oxidation sites excluding steroid dienone is 6. The van der Waals surface area contributed by atoms with Gasteiger partial charge >= 0.3 is 19.8 Å². The molecular weight excluding hydrogens is 689 g/mol.